The van der Waals surface area contributed by atoms with Crippen LogP contribution in [0, 0.1) is 0 Å². The summed E-state index contributed by atoms with van der Waals surface area (Å²) in [6.45, 7) is 0. The fourth-order valence-corrected chi connectivity index (χ4v) is 1.32. The molecule has 4 N–H and O–H groups in total. The van der Waals surface area contributed by atoms with Crippen LogP contribution in [0.4, 0.5) is 0 Å². The Hall–Kier alpha value is -2.54. The number of rotatable bonds is 2. The molecule has 0 saturated heterocycles. The molecule has 0 spiro atoms. The van der Waals surface area contributed by atoms with Gasteiger partial charge < -0.3 is 0 Å². The highest BCUT2D eigenvalue weighted by atomic mass is 16.2. The second-order valence-electron chi connectivity index (χ2n) is 3.21. The summed E-state index contributed by atoms with van der Waals surface area (Å²) < 4.78 is 0. The third kappa shape index (κ3) is 2.18. The molecule has 2 rings (SSSR count). The molecule has 0 fully saturated rings. The Morgan fingerprint density at radius 3 is 2.71 bits per heavy atom. The van der Waals surface area contributed by atoms with E-state index in [0.717, 1.165) is 5.56 Å². The van der Waals surface area contributed by atoms with E-state index in [1.807, 2.05) is 5.43 Å². The number of nitrogens with zero attached hydrogens (tertiary/aromatic N) is 2. The average molecular weight is 231 g/mol. The molecule has 0 bridgehead atoms. The maximum absolute atomic E-state index is 11.4. The van der Waals surface area contributed by atoms with E-state index in [1.54, 1.807) is 24.5 Å². The number of carbonyl (C=O) groups excluding carboxylic acids is 1. The molecule has 2 aromatic heterocycles. The predicted octanol–water partition coefficient (Wildman–Crippen LogP) is -0.565. The van der Waals surface area contributed by atoms with Crippen LogP contribution in [0.2, 0.25) is 0 Å². The van der Waals surface area contributed by atoms with Gasteiger partial charge in [-0.15, -0.1) is 0 Å². The summed E-state index contributed by atoms with van der Waals surface area (Å²) in [6, 6.07) is 4.80. The van der Waals surface area contributed by atoms with Gasteiger partial charge in [0.2, 0.25) is 0 Å². The van der Waals surface area contributed by atoms with E-state index < -0.39 is 11.5 Å². The molecule has 86 valence electrons. The van der Waals surface area contributed by atoms with Crippen LogP contribution in [-0.2, 0) is 0 Å². The van der Waals surface area contributed by atoms with Gasteiger partial charge in [-0.25, -0.2) is 10.9 Å². The number of amides is 1. The van der Waals surface area contributed by atoms with E-state index in [4.69, 9.17) is 5.84 Å². The summed E-state index contributed by atoms with van der Waals surface area (Å²) >= 11 is 0. The van der Waals surface area contributed by atoms with E-state index in [-0.39, 0.29) is 5.56 Å². The first kappa shape index (κ1) is 11.0. The fraction of sp³-hybridized carbons (Fsp3) is 0. The highest BCUT2D eigenvalue weighted by Gasteiger charge is 2.11. The van der Waals surface area contributed by atoms with Gasteiger partial charge in [0.05, 0.1) is 5.69 Å². The van der Waals surface area contributed by atoms with Crippen molar-refractivity contribution < 1.29 is 4.79 Å². The number of hydrazine groups is 1. The van der Waals surface area contributed by atoms with E-state index >= 15 is 0 Å². The van der Waals surface area contributed by atoms with Crippen molar-refractivity contribution in [1.29, 1.82) is 0 Å². The van der Waals surface area contributed by atoms with Crippen molar-refractivity contribution in [3.8, 4) is 11.3 Å². The number of hydrogen-bond donors (Lipinski definition) is 3. The first-order chi connectivity index (χ1) is 8.22. The van der Waals surface area contributed by atoms with Crippen LogP contribution < -0.4 is 16.8 Å². The van der Waals surface area contributed by atoms with Crippen LogP contribution >= 0.6 is 0 Å². The smallest absolute Gasteiger partial charge is 0.277 e. The van der Waals surface area contributed by atoms with Crippen molar-refractivity contribution in [3.05, 3.63) is 46.5 Å². The number of carbonyl (C=O) groups is 1. The van der Waals surface area contributed by atoms with Crippen LogP contribution in [0.25, 0.3) is 11.3 Å². The summed E-state index contributed by atoms with van der Waals surface area (Å²) in [5, 5.41) is 6.08. The normalized spacial score (nSPS) is 9.94. The minimum Gasteiger partial charge on any atom is -0.290 e. The van der Waals surface area contributed by atoms with Crippen LogP contribution in [0.3, 0.4) is 0 Å². The minimum absolute atomic E-state index is 0.0886. The number of nitrogens with two attached hydrogens (primary N) is 1. The summed E-state index contributed by atoms with van der Waals surface area (Å²) in [5.41, 5.74) is 2.42. The zero-order chi connectivity index (χ0) is 12.3. The average Bonchev–Trinajstić information content (AvgIpc) is 2.39. The number of hydrogen-bond acceptors (Lipinski definition) is 5. The lowest BCUT2D eigenvalue weighted by molar-refractivity contribution is 0.0952. The van der Waals surface area contributed by atoms with Gasteiger partial charge in [0.1, 0.15) is 5.56 Å². The summed E-state index contributed by atoms with van der Waals surface area (Å²) in [4.78, 5) is 26.5. The largest absolute Gasteiger partial charge is 0.290 e. The van der Waals surface area contributed by atoms with E-state index in [9.17, 15) is 9.59 Å². The lowest BCUT2D eigenvalue weighted by Gasteiger charge is -2.02. The molecule has 0 unspecified atom stereocenters. The molecule has 0 radical (unpaired) electrons. The third-order valence-electron chi connectivity index (χ3n) is 2.16. The van der Waals surface area contributed by atoms with Crippen molar-refractivity contribution in [1.82, 2.24) is 20.6 Å². The quantitative estimate of drug-likeness (QED) is 0.364. The number of nitrogen functional groups attached to an aromatic ring is 1. The first-order valence-electron chi connectivity index (χ1n) is 4.73. The highest BCUT2D eigenvalue weighted by molar-refractivity contribution is 5.94. The third-order valence-corrected chi connectivity index (χ3v) is 2.16. The zero-order valence-electron chi connectivity index (χ0n) is 8.68. The molecule has 0 aromatic carbocycles. The van der Waals surface area contributed by atoms with E-state index in [1.165, 1.54) is 6.07 Å². The van der Waals surface area contributed by atoms with Gasteiger partial charge >= 0.3 is 0 Å². The van der Waals surface area contributed by atoms with Gasteiger partial charge in [-0.2, -0.15) is 5.10 Å². The summed E-state index contributed by atoms with van der Waals surface area (Å²) in [6.07, 6.45) is 3.18. The second-order valence-corrected chi connectivity index (χ2v) is 3.21. The molecule has 2 aromatic rings. The molecular formula is C10H9N5O2. The topological polar surface area (TPSA) is 114 Å². The molecule has 0 atom stereocenters. The molecule has 0 aliphatic heterocycles. The van der Waals surface area contributed by atoms with Crippen molar-refractivity contribution in [2.75, 3.05) is 0 Å². The molecule has 7 nitrogen and oxygen atoms in total. The minimum atomic E-state index is -0.663. The number of nitrogens with one attached hydrogen (secondary N) is 2. The number of pyridine rings is 1. The molecule has 0 aliphatic carbocycles. The lowest BCUT2D eigenvalue weighted by Crippen LogP contribution is -2.34. The number of aromatic amines is 1. The number of H-pyrrole nitrogens is 1. The first-order valence-corrected chi connectivity index (χ1v) is 4.73. The van der Waals surface area contributed by atoms with Crippen molar-refractivity contribution in [3.63, 3.8) is 0 Å². The number of aromatic nitrogens is 3. The maximum Gasteiger partial charge on any atom is 0.277 e. The van der Waals surface area contributed by atoms with Crippen LogP contribution in [0.1, 0.15) is 10.4 Å². The Morgan fingerprint density at radius 1 is 1.35 bits per heavy atom. The van der Waals surface area contributed by atoms with Crippen molar-refractivity contribution >= 4 is 5.91 Å². The summed E-state index contributed by atoms with van der Waals surface area (Å²) in [5.74, 6) is 4.32. The van der Waals surface area contributed by atoms with Gasteiger partial charge in [0.25, 0.3) is 11.5 Å². The van der Waals surface area contributed by atoms with E-state index in [2.05, 4.69) is 15.2 Å². The Balaban J connectivity index is 2.52. The van der Waals surface area contributed by atoms with E-state index in [0.29, 0.717) is 5.69 Å². The van der Waals surface area contributed by atoms with Crippen LogP contribution in [0.5, 0.6) is 0 Å². The van der Waals surface area contributed by atoms with Gasteiger partial charge in [-0.3, -0.25) is 20.0 Å². The molecule has 7 heteroatoms. The molecule has 17 heavy (non-hydrogen) atoms. The molecule has 1 amide bonds. The van der Waals surface area contributed by atoms with Crippen molar-refractivity contribution in [2.24, 2.45) is 5.84 Å². The standard InChI is InChI=1S/C10H9N5O2/c11-13-9(16)7-5-8(14-15-10(7)17)6-1-3-12-4-2-6/h1-5H,11H2,(H,13,16)(H,15,17). The highest BCUT2D eigenvalue weighted by Crippen LogP contribution is 2.13. The molecule has 0 aliphatic rings. The Kier molecular flexibility index (Phi) is 2.93. The Labute approximate surface area is 95.7 Å². The van der Waals surface area contributed by atoms with Gasteiger partial charge in [0, 0.05) is 18.0 Å². The second kappa shape index (κ2) is 4.54. The summed E-state index contributed by atoms with van der Waals surface area (Å²) in [7, 11) is 0. The molecular weight excluding hydrogens is 222 g/mol. The predicted molar refractivity (Wildman–Crippen MR) is 59.7 cm³/mol. The lowest BCUT2D eigenvalue weighted by atomic mass is 10.1. The van der Waals surface area contributed by atoms with Crippen LogP contribution in [0.15, 0.2) is 35.4 Å². The SMILES string of the molecule is NNC(=O)c1cc(-c2ccncc2)n[nH]c1=O. The van der Waals surface area contributed by atoms with Crippen molar-refractivity contribution in [2.45, 2.75) is 0 Å². The Morgan fingerprint density at radius 2 is 2.06 bits per heavy atom. The molecule has 0 saturated carbocycles. The van der Waals surface area contributed by atoms with Crippen LogP contribution in [-0.4, -0.2) is 21.1 Å². The maximum atomic E-state index is 11.4. The monoisotopic (exact) mass is 231 g/mol. The van der Waals surface area contributed by atoms with Gasteiger partial charge in [-0.1, -0.05) is 0 Å². The zero-order valence-corrected chi connectivity index (χ0v) is 8.68. The Bertz CT molecular complexity index is 593. The van der Waals surface area contributed by atoms with Gasteiger partial charge in [0.15, 0.2) is 0 Å². The van der Waals surface area contributed by atoms with Gasteiger partial charge in [-0.05, 0) is 18.2 Å². The molecule has 2 heterocycles. The fourth-order valence-electron chi connectivity index (χ4n) is 1.32.